The fourth-order valence-corrected chi connectivity index (χ4v) is 3.58. The number of aromatic nitrogens is 3. The summed E-state index contributed by atoms with van der Waals surface area (Å²) in [5, 5.41) is 4.70. The highest BCUT2D eigenvalue weighted by atomic mass is 32.1. The first kappa shape index (κ1) is 18.2. The maximum absolute atomic E-state index is 13.5. The van der Waals surface area contributed by atoms with Gasteiger partial charge in [0.15, 0.2) is 17.5 Å². The number of rotatable bonds is 5. The van der Waals surface area contributed by atoms with E-state index in [2.05, 4.69) is 15.3 Å². The third-order valence-electron chi connectivity index (χ3n) is 4.44. The van der Waals surface area contributed by atoms with Gasteiger partial charge in [-0.1, -0.05) is 18.2 Å². The van der Waals surface area contributed by atoms with Gasteiger partial charge in [0, 0.05) is 5.38 Å². The molecule has 0 unspecified atom stereocenters. The molecule has 0 aliphatic heterocycles. The highest BCUT2D eigenvalue weighted by Crippen LogP contribution is 2.25. The Balaban J connectivity index is 1.60. The zero-order chi connectivity index (χ0) is 19.7. The Kier molecular flexibility index (Phi) is 4.87. The van der Waals surface area contributed by atoms with Gasteiger partial charge in [0.05, 0.1) is 22.6 Å². The van der Waals surface area contributed by atoms with Gasteiger partial charge in [0.1, 0.15) is 12.2 Å². The number of fused-ring (bicyclic) bond motifs is 1. The van der Waals surface area contributed by atoms with Crippen LogP contribution in [0.5, 0.6) is 0 Å². The molecule has 5 nitrogen and oxygen atoms in total. The van der Waals surface area contributed by atoms with Crippen LogP contribution in [0.15, 0.2) is 53.4 Å². The molecule has 1 amide bonds. The molecular weight excluding hydrogens is 382 g/mol. The predicted octanol–water partition coefficient (Wildman–Crippen LogP) is 4.32. The highest BCUT2D eigenvalue weighted by molar-refractivity contribution is 7.07. The van der Waals surface area contributed by atoms with E-state index in [0.29, 0.717) is 17.1 Å². The minimum Gasteiger partial charge on any atom is -0.348 e. The van der Waals surface area contributed by atoms with Gasteiger partial charge < -0.3 is 9.88 Å². The van der Waals surface area contributed by atoms with Crippen molar-refractivity contribution in [1.29, 1.82) is 0 Å². The average molecular weight is 398 g/mol. The summed E-state index contributed by atoms with van der Waals surface area (Å²) >= 11 is 1.45. The van der Waals surface area contributed by atoms with E-state index in [0.717, 1.165) is 23.2 Å². The molecule has 2 aromatic carbocycles. The predicted molar refractivity (Wildman–Crippen MR) is 104 cm³/mol. The molecule has 4 rings (SSSR count). The van der Waals surface area contributed by atoms with Crippen LogP contribution in [0.2, 0.25) is 0 Å². The molecule has 0 spiro atoms. The van der Waals surface area contributed by atoms with Crippen LogP contribution in [0, 0.1) is 11.6 Å². The number of hydrogen-bond acceptors (Lipinski definition) is 4. The van der Waals surface area contributed by atoms with Crippen molar-refractivity contribution < 1.29 is 13.6 Å². The second-order valence-electron chi connectivity index (χ2n) is 6.35. The molecule has 0 aliphatic carbocycles. The number of hydrogen-bond donors (Lipinski definition) is 1. The van der Waals surface area contributed by atoms with E-state index in [-0.39, 0.29) is 12.5 Å². The molecule has 2 heterocycles. The standard InChI is InChI=1S/C20H16F2N4OS/c1-12(13-6-7-14(21)15(22)8-13)24-19(27)9-26-18-5-3-2-4-16(18)25-20(26)17-10-28-11-23-17/h2-8,10-12H,9H2,1H3,(H,24,27)/t12-/m0/s1. The smallest absolute Gasteiger partial charge is 0.240 e. The molecule has 0 radical (unpaired) electrons. The summed E-state index contributed by atoms with van der Waals surface area (Å²) in [6.07, 6.45) is 0. The number of amides is 1. The van der Waals surface area contributed by atoms with E-state index in [9.17, 15) is 13.6 Å². The lowest BCUT2D eigenvalue weighted by molar-refractivity contribution is -0.122. The molecule has 8 heteroatoms. The third kappa shape index (κ3) is 3.50. The summed E-state index contributed by atoms with van der Waals surface area (Å²) in [5.41, 5.74) is 4.49. The van der Waals surface area contributed by atoms with Gasteiger partial charge in [-0.3, -0.25) is 4.79 Å². The van der Waals surface area contributed by atoms with Crippen LogP contribution in [0.1, 0.15) is 18.5 Å². The summed E-state index contributed by atoms with van der Waals surface area (Å²) in [5.74, 6) is -1.51. The molecule has 4 aromatic rings. The van der Waals surface area contributed by atoms with Crippen LogP contribution in [0.4, 0.5) is 8.78 Å². The Hall–Kier alpha value is -3.13. The zero-order valence-corrected chi connectivity index (χ0v) is 15.7. The molecule has 0 aliphatic rings. The normalized spacial score (nSPS) is 12.2. The summed E-state index contributed by atoms with van der Waals surface area (Å²) in [4.78, 5) is 21.6. The van der Waals surface area contributed by atoms with E-state index in [1.165, 1.54) is 17.4 Å². The molecule has 0 fully saturated rings. The molecule has 28 heavy (non-hydrogen) atoms. The van der Waals surface area contributed by atoms with Gasteiger partial charge in [0.25, 0.3) is 0 Å². The highest BCUT2D eigenvalue weighted by Gasteiger charge is 2.18. The van der Waals surface area contributed by atoms with E-state index in [1.807, 2.05) is 29.6 Å². The van der Waals surface area contributed by atoms with Crippen molar-refractivity contribution in [2.24, 2.45) is 0 Å². The number of halogens is 2. The van der Waals surface area contributed by atoms with Gasteiger partial charge in [0.2, 0.25) is 5.91 Å². The minimum absolute atomic E-state index is 0.0292. The number of para-hydroxylation sites is 2. The van der Waals surface area contributed by atoms with Crippen molar-refractivity contribution in [3.63, 3.8) is 0 Å². The molecule has 0 saturated heterocycles. The summed E-state index contributed by atoms with van der Waals surface area (Å²) in [6.45, 7) is 1.75. The largest absolute Gasteiger partial charge is 0.348 e. The van der Waals surface area contributed by atoms with Crippen LogP contribution in [-0.4, -0.2) is 20.4 Å². The molecule has 0 bridgehead atoms. The number of thiazole rings is 1. The van der Waals surface area contributed by atoms with Crippen molar-refractivity contribution in [3.05, 3.63) is 70.6 Å². The summed E-state index contributed by atoms with van der Waals surface area (Å²) < 4.78 is 28.4. The van der Waals surface area contributed by atoms with E-state index < -0.39 is 17.7 Å². The van der Waals surface area contributed by atoms with Crippen LogP contribution in [0.3, 0.4) is 0 Å². The second-order valence-corrected chi connectivity index (χ2v) is 7.07. The Labute approximate surface area is 163 Å². The number of benzene rings is 2. The Bertz CT molecular complexity index is 1140. The van der Waals surface area contributed by atoms with Gasteiger partial charge in [-0.2, -0.15) is 0 Å². The Morgan fingerprint density at radius 2 is 2.04 bits per heavy atom. The van der Waals surface area contributed by atoms with Crippen molar-refractivity contribution in [2.75, 3.05) is 0 Å². The van der Waals surface area contributed by atoms with Crippen molar-refractivity contribution in [1.82, 2.24) is 19.9 Å². The van der Waals surface area contributed by atoms with Crippen molar-refractivity contribution in [2.45, 2.75) is 19.5 Å². The van der Waals surface area contributed by atoms with Gasteiger partial charge in [-0.15, -0.1) is 11.3 Å². The monoisotopic (exact) mass is 398 g/mol. The van der Waals surface area contributed by atoms with E-state index in [4.69, 9.17) is 0 Å². The third-order valence-corrected chi connectivity index (χ3v) is 5.03. The molecular formula is C20H16F2N4OS. The first-order valence-corrected chi connectivity index (χ1v) is 9.55. The fourth-order valence-electron chi connectivity index (χ4n) is 3.05. The topological polar surface area (TPSA) is 59.8 Å². The maximum Gasteiger partial charge on any atom is 0.240 e. The van der Waals surface area contributed by atoms with Crippen LogP contribution >= 0.6 is 11.3 Å². The van der Waals surface area contributed by atoms with Gasteiger partial charge in [-0.25, -0.2) is 18.7 Å². The Morgan fingerprint density at radius 1 is 1.21 bits per heavy atom. The first-order chi connectivity index (χ1) is 13.5. The van der Waals surface area contributed by atoms with E-state index in [1.54, 1.807) is 17.0 Å². The average Bonchev–Trinajstić information content (AvgIpc) is 3.32. The lowest BCUT2D eigenvalue weighted by Gasteiger charge is -2.16. The second kappa shape index (κ2) is 7.47. The number of nitrogens with one attached hydrogen (secondary N) is 1. The lowest BCUT2D eigenvalue weighted by atomic mass is 10.1. The van der Waals surface area contributed by atoms with Gasteiger partial charge in [-0.05, 0) is 36.8 Å². The van der Waals surface area contributed by atoms with Crippen LogP contribution in [0.25, 0.3) is 22.6 Å². The number of nitrogens with zero attached hydrogens (tertiary/aromatic N) is 3. The quantitative estimate of drug-likeness (QED) is 0.545. The number of carbonyl (C=O) groups excluding carboxylic acids is 1. The van der Waals surface area contributed by atoms with Crippen molar-refractivity contribution in [3.8, 4) is 11.5 Å². The SMILES string of the molecule is C[C@H](NC(=O)Cn1c(-c2cscn2)nc2ccccc21)c1ccc(F)c(F)c1. The van der Waals surface area contributed by atoms with Crippen molar-refractivity contribution >= 4 is 28.3 Å². The zero-order valence-electron chi connectivity index (χ0n) is 14.9. The minimum atomic E-state index is -0.940. The molecule has 142 valence electrons. The first-order valence-electron chi connectivity index (χ1n) is 8.61. The van der Waals surface area contributed by atoms with E-state index >= 15 is 0 Å². The molecule has 0 saturated carbocycles. The molecule has 1 atom stereocenters. The lowest BCUT2D eigenvalue weighted by Crippen LogP contribution is -2.30. The summed E-state index contributed by atoms with van der Waals surface area (Å²) in [7, 11) is 0. The fraction of sp³-hybridized carbons (Fsp3) is 0.150. The molecule has 1 N–H and O–H groups in total. The summed E-state index contributed by atoms with van der Waals surface area (Å²) in [6, 6.07) is 10.7. The number of imidazole rings is 1. The van der Waals surface area contributed by atoms with Crippen LogP contribution in [-0.2, 0) is 11.3 Å². The number of carbonyl (C=O) groups is 1. The maximum atomic E-state index is 13.5. The Morgan fingerprint density at radius 3 is 2.79 bits per heavy atom. The van der Waals surface area contributed by atoms with Crippen LogP contribution < -0.4 is 5.32 Å². The molecule has 2 aromatic heterocycles. The van der Waals surface area contributed by atoms with Gasteiger partial charge >= 0.3 is 0 Å².